The Labute approximate surface area is 176 Å². The molecule has 4 rings (SSSR count). The lowest BCUT2D eigenvalue weighted by Crippen LogP contribution is -2.21. The molecule has 2 aromatic carbocycles. The molecule has 0 unspecified atom stereocenters. The van der Waals surface area contributed by atoms with Crippen molar-refractivity contribution in [1.82, 2.24) is 10.3 Å². The molecule has 1 heterocycles. The van der Waals surface area contributed by atoms with Crippen LogP contribution in [0.5, 0.6) is 5.75 Å². The van der Waals surface area contributed by atoms with E-state index in [0.29, 0.717) is 17.4 Å². The van der Waals surface area contributed by atoms with Gasteiger partial charge in [-0.05, 0) is 83.2 Å². The molecule has 30 heavy (non-hydrogen) atoms. The van der Waals surface area contributed by atoms with Crippen LogP contribution in [0.2, 0.25) is 0 Å². The summed E-state index contributed by atoms with van der Waals surface area (Å²) >= 11 is 0. The zero-order valence-electron chi connectivity index (χ0n) is 17.7. The Balaban J connectivity index is 1.46. The number of amides is 1. The number of carbonyl (C=O) groups is 1. The van der Waals surface area contributed by atoms with Gasteiger partial charge < -0.3 is 10.1 Å². The normalized spacial score (nSPS) is 13.2. The highest BCUT2D eigenvalue weighted by molar-refractivity contribution is 5.94. The van der Waals surface area contributed by atoms with E-state index >= 15 is 0 Å². The lowest BCUT2D eigenvalue weighted by molar-refractivity contribution is -0.118. The first-order valence-corrected chi connectivity index (χ1v) is 10.5. The van der Waals surface area contributed by atoms with Crippen molar-refractivity contribution in [3.05, 3.63) is 58.7 Å². The second-order valence-corrected chi connectivity index (χ2v) is 8.18. The van der Waals surface area contributed by atoms with Gasteiger partial charge in [-0.1, -0.05) is 38.1 Å². The number of hydrogen-bond acceptors (Lipinski definition) is 5. The summed E-state index contributed by atoms with van der Waals surface area (Å²) in [5, 5.41) is 10.7. The van der Waals surface area contributed by atoms with Gasteiger partial charge in [-0.25, -0.2) is 4.63 Å². The minimum atomic E-state index is -0.305. The van der Waals surface area contributed by atoms with Crippen molar-refractivity contribution in [2.45, 2.75) is 52.4 Å². The number of benzene rings is 2. The van der Waals surface area contributed by atoms with Crippen molar-refractivity contribution < 1.29 is 14.2 Å². The highest BCUT2D eigenvalue weighted by Gasteiger charge is 2.18. The molecule has 6 heteroatoms. The second kappa shape index (κ2) is 8.69. The fourth-order valence-corrected chi connectivity index (χ4v) is 3.90. The molecule has 1 amide bonds. The van der Waals surface area contributed by atoms with Gasteiger partial charge in [-0.3, -0.25) is 4.79 Å². The number of aryl methyl sites for hydroxylation is 3. The van der Waals surface area contributed by atoms with Gasteiger partial charge in [0.15, 0.2) is 12.3 Å². The Morgan fingerprint density at radius 3 is 2.70 bits per heavy atom. The van der Waals surface area contributed by atoms with Crippen LogP contribution >= 0.6 is 0 Å². The quantitative estimate of drug-likeness (QED) is 0.620. The average molecular weight is 405 g/mol. The van der Waals surface area contributed by atoms with E-state index in [4.69, 9.17) is 9.37 Å². The van der Waals surface area contributed by atoms with E-state index in [1.165, 1.54) is 24.0 Å². The molecule has 1 N–H and O–H groups in total. The molecule has 0 bridgehead atoms. The molecule has 0 aliphatic heterocycles. The van der Waals surface area contributed by atoms with E-state index in [2.05, 4.69) is 41.6 Å². The summed E-state index contributed by atoms with van der Waals surface area (Å²) in [6.45, 7) is 6.09. The fraction of sp³-hybridized carbons (Fsp3) is 0.375. The number of fused-ring (bicyclic) bond motifs is 1. The van der Waals surface area contributed by atoms with Crippen molar-refractivity contribution in [1.29, 1.82) is 0 Å². The highest BCUT2D eigenvalue weighted by atomic mass is 16.6. The first-order chi connectivity index (χ1) is 14.5. The van der Waals surface area contributed by atoms with Crippen LogP contribution in [-0.4, -0.2) is 22.8 Å². The molecule has 0 saturated carbocycles. The maximum atomic E-state index is 12.5. The average Bonchev–Trinajstić information content (AvgIpc) is 3.19. The van der Waals surface area contributed by atoms with Gasteiger partial charge in [0.1, 0.15) is 5.75 Å². The molecule has 1 aliphatic rings. The van der Waals surface area contributed by atoms with Crippen LogP contribution in [0, 0.1) is 6.92 Å². The molecule has 1 aliphatic carbocycles. The third kappa shape index (κ3) is 4.37. The zero-order valence-corrected chi connectivity index (χ0v) is 17.7. The van der Waals surface area contributed by atoms with Gasteiger partial charge in [0.25, 0.3) is 5.91 Å². The van der Waals surface area contributed by atoms with Crippen molar-refractivity contribution in [2.75, 3.05) is 11.9 Å². The predicted molar refractivity (Wildman–Crippen MR) is 116 cm³/mol. The Bertz CT molecular complexity index is 1060. The molecule has 6 nitrogen and oxygen atoms in total. The number of aromatic nitrogens is 2. The number of anilines is 1. The van der Waals surface area contributed by atoms with E-state index in [1.807, 2.05) is 31.2 Å². The standard InChI is InChI=1S/C24H27N3O3/c1-15(2)20-11-8-16(3)12-21(20)29-14-22(28)25-24-23(26-30-27-24)19-10-9-17-6-4-5-7-18(17)13-19/h8-13,15H,4-7,14H2,1-3H3,(H,25,27,28). The van der Waals surface area contributed by atoms with Gasteiger partial charge in [-0.15, -0.1) is 0 Å². The molecule has 0 fully saturated rings. The van der Waals surface area contributed by atoms with E-state index in [-0.39, 0.29) is 12.5 Å². The maximum absolute atomic E-state index is 12.5. The minimum absolute atomic E-state index is 0.111. The Kier molecular flexibility index (Phi) is 5.84. The molecular formula is C24H27N3O3. The maximum Gasteiger partial charge on any atom is 0.263 e. The number of carbonyl (C=O) groups excluding carboxylic acids is 1. The lowest BCUT2D eigenvalue weighted by Gasteiger charge is -2.16. The number of rotatable bonds is 6. The smallest absolute Gasteiger partial charge is 0.263 e. The van der Waals surface area contributed by atoms with Gasteiger partial charge in [0, 0.05) is 5.56 Å². The Hall–Kier alpha value is -3.15. The van der Waals surface area contributed by atoms with Crippen LogP contribution in [0.3, 0.4) is 0 Å². The van der Waals surface area contributed by atoms with Crippen molar-refractivity contribution >= 4 is 11.7 Å². The summed E-state index contributed by atoms with van der Waals surface area (Å²) in [5.74, 6) is 1.04. The minimum Gasteiger partial charge on any atom is -0.483 e. The van der Waals surface area contributed by atoms with Crippen molar-refractivity contribution in [3.63, 3.8) is 0 Å². The lowest BCUT2D eigenvalue weighted by atomic mass is 9.90. The van der Waals surface area contributed by atoms with Crippen LogP contribution < -0.4 is 10.1 Å². The molecule has 156 valence electrons. The SMILES string of the molecule is Cc1ccc(C(C)C)c(OCC(=O)Nc2nonc2-c2ccc3c(c2)CCCC3)c1. The summed E-state index contributed by atoms with van der Waals surface area (Å²) in [6.07, 6.45) is 4.62. The predicted octanol–water partition coefficient (Wildman–Crippen LogP) is 5.06. The third-order valence-electron chi connectivity index (χ3n) is 5.52. The fourth-order valence-electron chi connectivity index (χ4n) is 3.90. The number of hydrogen-bond donors (Lipinski definition) is 1. The largest absolute Gasteiger partial charge is 0.483 e. The first kappa shape index (κ1) is 20.1. The van der Waals surface area contributed by atoms with Crippen LogP contribution in [0.4, 0.5) is 5.82 Å². The van der Waals surface area contributed by atoms with E-state index < -0.39 is 0 Å². The first-order valence-electron chi connectivity index (χ1n) is 10.5. The molecule has 1 aromatic heterocycles. The van der Waals surface area contributed by atoms with E-state index in [0.717, 1.165) is 35.3 Å². The molecule has 0 spiro atoms. The van der Waals surface area contributed by atoms with Crippen molar-refractivity contribution in [2.24, 2.45) is 0 Å². The molecule has 0 radical (unpaired) electrons. The number of nitrogens with one attached hydrogen (secondary N) is 1. The van der Waals surface area contributed by atoms with E-state index in [1.54, 1.807) is 0 Å². The molecule has 0 saturated heterocycles. The second-order valence-electron chi connectivity index (χ2n) is 8.18. The van der Waals surface area contributed by atoms with E-state index in [9.17, 15) is 4.79 Å². The van der Waals surface area contributed by atoms with Crippen LogP contribution in [0.1, 0.15) is 54.9 Å². The summed E-state index contributed by atoms with van der Waals surface area (Å²) in [7, 11) is 0. The monoisotopic (exact) mass is 405 g/mol. The van der Waals surface area contributed by atoms with Crippen LogP contribution in [0.15, 0.2) is 41.0 Å². The molecule has 0 atom stereocenters. The van der Waals surface area contributed by atoms with Gasteiger partial charge in [0.2, 0.25) is 5.82 Å². The molecule has 3 aromatic rings. The van der Waals surface area contributed by atoms with Crippen LogP contribution in [-0.2, 0) is 17.6 Å². The Morgan fingerprint density at radius 2 is 1.90 bits per heavy atom. The number of ether oxygens (including phenoxy) is 1. The zero-order chi connectivity index (χ0) is 21.1. The summed E-state index contributed by atoms with van der Waals surface area (Å²) in [6, 6.07) is 12.3. The number of nitrogens with zero attached hydrogens (tertiary/aromatic N) is 2. The Morgan fingerprint density at radius 1 is 1.10 bits per heavy atom. The summed E-state index contributed by atoms with van der Waals surface area (Å²) in [5.41, 5.74) is 6.32. The summed E-state index contributed by atoms with van der Waals surface area (Å²) < 4.78 is 10.7. The topological polar surface area (TPSA) is 77.2 Å². The van der Waals surface area contributed by atoms with Crippen LogP contribution in [0.25, 0.3) is 11.3 Å². The third-order valence-corrected chi connectivity index (χ3v) is 5.52. The van der Waals surface area contributed by atoms with Crippen molar-refractivity contribution in [3.8, 4) is 17.0 Å². The van der Waals surface area contributed by atoms with Gasteiger partial charge in [0.05, 0.1) is 0 Å². The van der Waals surface area contributed by atoms with Gasteiger partial charge >= 0.3 is 0 Å². The molecular weight excluding hydrogens is 378 g/mol. The van der Waals surface area contributed by atoms with Gasteiger partial charge in [-0.2, -0.15) is 0 Å². The summed E-state index contributed by atoms with van der Waals surface area (Å²) in [4.78, 5) is 12.5. The highest BCUT2D eigenvalue weighted by Crippen LogP contribution is 2.30.